The van der Waals surface area contributed by atoms with Gasteiger partial charge >= 0.3 is 0 Å². The highest BCUT2D eigenvalue weighted by molar-refractivity contribution is 6.32. The number of aliphatic hydroxyl groups is 1. The van der Waals surface area contributed by atoms with Crippen LogP contribution in [0.4, 0.5) is 0 Å². The number of aromatic nitrogens is 1. The Morgan fingerprint density at radius 3 is 3.11 bits per heavy atom. The predicted molar refractivity (Wildman–Crippen MR) is 77.3 cm³/mol. The van der Waals surface area contributed by atoms with Gasteiger partial charge in [-0.1, -0.05) is 23.7 Å². The summed E-state index contributed by atoms with van der Waals surface area (Å²) in [5.74, 6) is 0. The van der Waals surface area contributed by atoms with Crippen molar-refractivity contribution in [1.82, 2.24) is 9.88 Å². The SMILES string of the molecule is O[C@H]1CCCN(Cc2c(Cl)ccc3cccnc23)C1. The maximum atomic E-state index is 9.75. The summed E-state index contributed by atoms with van der Waals surface area (Å²) in [6, 6.07) is 7.92. The summed E-state index contributed by atoms with van der Waals surface area (Å²) in [5.41, 5.74) is 2.03. The summed E-state index contributed by atoms with van der Waals surface area (Å²) < 4.78 is 0. The summed E-state index contributed by atoms with van der Waals surface area (Å²) in [4.78, 5) is 6.71. The monoisotopic (exact) mass is 276 g/mol. The summed E-state index contributed by atoms with van der Waals surface area (Å²) in [5, 5.41) is 11.6. The summed E-state index contributed by atoms with van der Waals surface area (Å²) >= 11 is 6.33. The highest BCUT2D eigenvalue weighted by atomic mass is 35.5. The van der Waals surface area contributed by atoms with Crippen LogP contribution in [-0.2, 0) is 6.54 Å². The Morgan fingerprint density at radius 2 is 2.26 bits per heavy atom. The fourth-order valence-corrected chi connectivity index (χ4v) is 2.94. The van der Waals surface area contributed by atoms with E-state index in [-0.39, 0.29) is 6.10 Å². The minimum atomic E-state index is -0.213. The molecule has 0 bridgehead atoms. The molecule has 4 heteroatoms. The number of aliphatic hydroxyl groups excluding tert-OH is 1. The predicted octanol–water partition coefficient (Wildman–Crippen LogP) is 2.84. The van der Waals surface area contributed by atoms with Crippen molar-refractivity contribution >= 4 is 22.5 Å². The number of rotatable bonds is 2. The van der Waals surface area contributed by atoms with Gasteiger partial charge in [0.25, 0.3) is 0 Å². The van der Waals surface area contributed by atoms with Crippen molar-refractivity contribution in [2.45, 2.75) is 25.5 Å². The molecule has 0 radical (unpaired) electrons. The van der Waals surface area contributed by atoms with Gasteiger partial charge in [0, 0.05) is 35.3 Å². The second-order valence-electron chi connectivity index (χ2n) is 5.13. The minimum Gasteiger partial charge on any atom is -0.392 e. The van der Waals surface area contributed by atoms with E-state index in [0.717, 1.165) is 54.0 Å². The number of piperidine rings is 1. The third-order valence-corrected chi connectivity index (χ3v) is 4.04. The molecule has 0 aliphatic carbocycles. The second-order valence-corrected chi connectivity index (χ2v) is 5.54. The molecule has 1 aromatic carbocycles. The maximum absolute atomic E-state index is 9.75. The van der Waals surface area contributed by atoms with Crippen LogP contribution in [0, 0.1) is 0 Å². The fraction of sp³-hybridized carbons (Fsp3) is 0.400. The van der Waals surface area contributed by atoms with Crippen LogP contribution in [0.2, 0.25) is 5.02 Å². The van der Waals surface area contributed by atoms with Crippen molar-refractivity contribution in [2.75, 3.05) is 13.1 Å². The lowest BCUT2D eigenvalue weighted by atomic mass is 10.1. The zero-order valence-corrected chi connectivity index (χ0v) is 11.5. The van der Waals surface area contributed by atoms with Crippen LogP contribution >= 0.6 is 11.6 Å². The van der Waals surface area contributed by atoms with Crippen molar-refractivity contribution in [3.63, 3.8) is 0 Å². The number of hydrogen-bond donors (Lipinski definition) is 1. The first kappa shape index (κ1) is 12.9. The van der Waals surface area contributed by atoms with Crippen molar-refractivity contribution in [3.05, 3.63) is 41.0 Å². The molecular weight excluding hydrogens is 260 g/mol. The Morgan fingerprint density at radius 1 is 1.37 bits per heavy atom. The molecule has 1 N–H and O–H groups in total. The van der Waals surface area contributed by atoms with E-state index in [1.165, 1.54) is 0 Å². The number of benzene rings is 1. The maximum Gasteiger partial charge on any atom is 0.0761 e. The van der Waals surface area contributed by atoms with Gasteiger partial charge in [0.1, 0.15) is 0 Å². The van der Waals surface area contributed by atoms with Crippen molar-refractivity contribution in [2.24, 2.45) is 0 Å². The van der Waals surface area contributed by atoms with E-state index in [1.807, 2.05) is 24.3 Å². The minimum absolute atomic E-state index is 0.213. The molecule has 1 saturated heterocycles. The van der Waals surface area contributed by atoms with E-state index in [4.69, 9.17) is 11.6 Å². The van der Waals surface area contributed by atoms with Crippen molar-refractivity contribution in [3.8, 4) is 0 Å². The fourth-order valence-electron chi connectivity index (χ4n) is 2.73. The molecule has 1 aromatic heterocycles. The van der Waals surface area contributed by atoms with E-state index in [2.05, 4.69) is 9.88 Å². The normalized spacial score (nSPS) is 20.8. The van der Waals surface area contributed by atoms with E-state index in [9.17, 15) is 5.11 Å². The summed E-state index contributed by atoms with van der Waals surface area (Å²) in [6.45, 7) is 2.49. The van der Waals surface area contributed by atoms with Crippen LogP contribution in [0.5, 0.6) is 0 Å². The first-order chi connectivity index (χ1) is 9.24. The number of hydrogen-bond acceptors (Lipinski definition) is 3. The van der Waals surface area contributed by atoms with E-state index in [0.29, 0.717) is 0 Å². The van der Waals surface area contributed by atoms with E-state index >= 15 is 0 Å². The zero-order chi connectivity index (χ0) is 13.2. The topological polar surface area (TPSA) is 36.4 Å². The first-order valence-corrected chi connectivity index (χ1v) is 7.04. The van der Waals surface area contributed by atoms with Gasteiger partial charge in [-0.05, 0) is 31.5 Å². The number of nitrogens with zero attached hydrogens (tertiary/aromatic N) is 2. The molecule has 1 atom stereocenters. The Labute approximate surface area is 117 Å². The van der Waals surface area contributed by atoms with Gasteiger partial charge in [0.2, 0.25) is 0 Å². The summed E-state index contributed by atoms with van der Waals surface area (Å²) in [7, 11) is 0. The Hall–Kier alpha value is -1.16. The molecule has 2 heterocycles. The lowest BCUT2D eigenvalue weighted by Crippen LogP contribution is -2.37. The molecule has 3 nitrogen and oxygen atoms in total. The van der Waals surface area contributed by atoms with Crippen LogP contribution in [-0.4, -0.2) is 34.2 Å². The quantitative estimate of drug-likeness (QED) is 0.916. The molecule has 0 unspecified atom stereocenters. The van der Waals surface area contributed by atoms with Crippen LogP contribution < -0.4 is 0 Å². The third-order valence-electron chi connectivity index (χ3n) is 3.68. The van der Waals surface area contributed by atoms with Crippen molar-refractivity contribution in [1.29, 1.82) is 0 Å². The molecule has 1 aliphatic heterocycles. The largest absolute Gasteiger partial charge is 0.392 e. The highest BCUT2D eigenvalue weighted by Crippen LogP contribution is 2.26. The number of β-amino-alcohol motifs (C(OH)–C–C–N with tert-alkyl or cyclic N) is 1. The highest BCUT2D eigenvalue weighted by Gasteiger charge is 2.19. The van der Waals surface area contributed by atoms with Gasteiger partial charge in [0.15, 0.2) is 0 Å². The molecule has 3 rings (SSSR count). The molecule has 0 saturated carbocycles. The van der Waals surface area contributed by atoms with Crippen LogP contribution in [0.3, 0.4) is 0 Å². The average molecular weight is 277 g/mol. The lowest BCUT2D eigenvalue weighted by Gasteiger charge is -2.30. The summed E-state index contributed by atoms with van der Waals surface area (Å²) in [6.07, 6.45) is 3.53. The number of likely N-dealkylation sites (tertiary alicyclic amines) is 1. The van der Waals surface area contributed by atoms with Crippen LogP contribution in [0.15, 0.2) is 30.5 Å². The van der Waals surface area contributed by atoms with Crippen LogP contribution in [0.25, 0.3) is 10.9 Å². The smallest absolute Gasteiger partial charge is 0.0761 e. The average Bonchev–Trinajstić information content (AvgIpc) is 2.42. The molecule has 0 amide bonds. The lowest BCUT2D eigenvalue weighted by molar-refractivity contribution is 0.0670. The zero-order valence-electron chi connectivity index (χ0n) is 10.7. The van der Waals surface area contributed by atoms with Gasteiger partial charge in [0.05, 0.1) is 11.6 Å². The Bertz CT molecular complexity index is 587. The number of pyridine rings is 1. The second kappa shape index (κ2) is 5.45. The standard InChI is InChI=1S/C15H17ClN2O/c16-14-6-5-11-3-1-7-17-15(11)13(14)10-18-8-2-4-12(19)9-18/h1,3,5-7,12,19H,2,4,8-10H2/t12-/m0/s1. The molecule has 1 aliphatic rings. The number of halogens is 1. The number of fused-ring (bicyclic) bond motifs is 1. The molecule has 0 spiro atoms. The molecule has 1 fully saturated rings. The van der Waals surface area contributed by atoms with Gasteiger partial charge < -0.3 is 5.11 Å². The van der Waals surface area contributed by atoms with Gasteiger partial charge in [-0.25, -0.2) is 0 Å². The van der Waals surface area contributed by atoms with Crippen molar-refractivity contribution < 1.29 is 5.11 Å². The molecule has 19 heavy (non-hydrogen) atoms. The molecular formula is C15H17ClN2O. The van der Waals surface area contributed by atoms with Gasteiger partial charge in [-0.15, -0.1) is 0 Å². The first-order valence-electron chi connectivity index (χ1n) is 6.66. The molecule has 100 valence electrons. The van der Waals surface area contributed by atoms with E-state index < -0.39 is 0 Å². The Kier molecular flexibility index (Phi) is 3.69. The Balaban J connectivity index is 1.93. The third kappa shape index (κ3) is 2.73. The van der Waals surface area contributed by atoms with Crippen LogP contribution in [0.1, 0.15) is 18.4 Å². The molecule has 2 aromatic rings. The van der Waals surface area contributed by atoms with Gasteiger partial charge in [-0.2, -0.15) is 0 Å². The van der Waals surface area contributed by atoms with E-state index in [1.54, 1.807) is 6.20 Å². The van der Waals surface area contributed by atoms with Gasteiger partial charge in [-0.3, -0.25) is 9.88 Å².